The van der Waals surface area contributed by atoms with Crippen LogP contribution in [0.4, 0.5) is 5.82 Å². The smallest absolute Gasteiger partial charge is 0.230 e. The molecule has 37 heavy (non-hydrogen) atoms. The second-order valence-electron chi connectivity index (χ2n) is 9.44. The highest BCUT2D eigenvalue weighted by atomic mass is 35.5. The van der Waals surface area contributed by atoms with Crippen molar-refractivity contribution in [3.63, 3.8) is 0 Å². The van der Waals surface area contributed by atoms with Crippen molar-refractivity contribution in [2.45, 2.75) is 46.3 Å². The van der Waals surface area contributed by atoms with Crippen molar-refractivity contribution in [3.8, 4) is 22.6 Å². The Kier molecular flexibility index (Phi) is 5.77. The molecular formula is C26H24Cl2N8O. The van der Waals surface area contributed by atoms with E-state index in [-0.39, 0.29) is 11.9 Å². The summed E-state index contributed by atoms with van der Waals surface area (Å²) < 4.78 is 5.50. The van der Waals surface area contributed by atoms with Gasteiger partial charge in [0.25, 0.3) is 0 Å². The third-order valence-electron chi connectivity index (χ3n) is 6.64. The third-order valence-corrected chi connectivity index (χ3v) is 7.23. The van der Waals surface area contributed by atoms with Crippen molar-refractivity contribution in [1.82, 2.24) is 34.2 Å². The van der Waals surface area contributed by atoms with Gasteiger partial charge in [-0.2, -0.15) is 15.3 Å². The maximum absolute atomic E-state index is 13.0. The van der Waals surface area contributed by atoms with Crippen LogP contribution >= 0.6 is 23.2 Å². The average molecular weight is 535 g/mol. The molecule has 1 amide bonds. The van der Waals surface area contributed by atoms with E-state index in [9.17, 15) is 4.79 Å². The predicted octanol–water partition coefficient (Wildman–Crippen LogP) is 5.59. The van der Waals surface area contributed by atoms with Gasteiger partial charge in [-0.1, -0.05) is 35.3 Å². The Bertz CT molecular complexity index is 1660. The lowest BCUT2D eigenvalue weighted by molar-refractivity contribution is -0.119. The van der Waals surface area contributed by atoms with Crippen LogP contribution in [0.15, 0.2) is 49.1 Å². The van der Waals surface area contributed by atoms with E-state index < -0.39 is 0 Å². The first-order valence-corrected chi connectivity index (χ1v) is 12.8. The summed E-state index contributed by atoms with van der Waals surface area (Å²) in [6.07, 6.45) is 5.42. The highest BCUT2D eigenvalue weighted by Crippen LogP contribution is 2.35. The number of amides is 1. The van der Waals surface area contributed by atoms with Gasteiger partial charge in [0.2, 0.25) is 5.91 Å². The zero-order valence-electron chi connectivity index (χ0n) is 20.6. The SMILES string of the molecule is Cc1ccn2ncnc(-c3ccc(CN4C(=O)CCn5nc(-c6c(Cl)cnn6C(C)C)cc54)cc3Cl)c12. The first kappa shape index (κ1) is 23.7. The Hall–Kier alpha value is -3.69. The molecule has 11 heteroatoms. The molecule has 5 aromatic rings. The van der Waals surface area contributed by atoms with E-state index >= 15 is 0 Å². The van der Waals surface area contributed by atoms with Crippen LogP contribution in [-0.2, 0) is 17.9 Å². The standard InChI is InChI=1S/C26H24Cl2N8O/c1-15(2)36-26(20(28)12-30-36)21-11-22-33(23(37)7-9-34(22)32-21)13-17-4-5-18(19(27)10-17)24-25-16(3)6-8-35(25)31-14-29-24/h4-6,8,10-12,14-15H,7,9,13H2,1-3H3. The molecule has 0 radical (unpaired) electrons. The minimum atomic E-state index is 0.0314. The van der Waals surface area contributed by atoms with E-state index in [0.29, 0.717) is 35.2 Å². The van der Waals surface area contributed by atoms with E-state index in [4.69, 9.17) is 28.3 Å². The summed E-state index contributed by atoms with van der Waals surface area (Å²) in [7, 11) is 0. The summed E-state index contributed by atoms with van der Waals surface area (Å²) in [4.78, 5) is 19.3. The van der Waals surface area contributed by atoms with Crippen molar-refractivity contribution in [1.29, 1.82) is 0 Å². The number of rotatable bonds is 5. The minimum Gasteiger partial charge on any atom is -0.292 e. The van der Waals surface area contributed by atoms with E-state index in [1.54, 1.807) is 15.6 Å². The molecule has 9 nitrogen and oxygen atoms in total. The molecule has 0 atom stereocenters. The molecule has 0 saturated heterocycles. The van der Waals surface area contributed by atoms with Crippen LogP contribution in [0.2, 0.25) is 10.0 Å². The molecule has 0 spiro atoms. The number of aryl methyl sites for hydroxylation is 2. The first-order valence-electron chi connectivity index (χ1n) is 12.0. The van der Waals surface area contributed by atoms with E-state index in [0.717, 1.165) is 39.4 Å². The van der Waals surface area contributed by atoms with Gasteiger partial charge in [0.05, 0.1) is 40.5 Å². The van der Waals surface area contributed by atoms with Gasteiger partial charge in [-0.25, -0.2) is 14.2 Å². The molecular weight excluding hydrogens is 511 g/mol. The van der Waals surface area contributed by atoms with Gasteiger partial charge >= 0.3 is 0 Å². The van der Waals surface area contributed by atoms with Gasteiger partial charge in [0.15, 0.2) is 0 Å². The Labute approximate surface area is 223 Å². The van der Waals surface area contributed by atoms with Crippen molar-refractivity contribution in [3.05, 3.63) is 70.2 Å². The molecule has 1 aromatic carbocycles. The third kappa shape index (κ3) is 3.98. The highest BCUT2D eigenvalue weighted by Gasteiger charge is 2.28. The quantitative estimate of drug-likeness (QED) is 0.293. The van der Waals surface area contributed by atoms with Gasteiger partial charge < -0.3 is 0 Å². The summed E-state index contributed by atoms with van der Waals surface area (Å²) in [5.74, 6) is 0.754. The van der Waals surface area contributed by atoms with Gasteiger partial charge in [-0.05, 0) is 44.0 Å². The number of carbonyl (C=O) groups excluding carboxylic acids is 1. The van der Waals surface area contributed by atoms with Crippen molar-refractivity contribution >= 4 is 40.4 Å². The normalized spacial score (nSPS) is 13.7. The molecule has 0 saturated carbocycles. The molecule has 188 valence electrons. The molecule has 0 N–H and O–H groups in total. The lowest BCUT2D eigenvalue weighted by Crippen LogP contribution is -2.36. The Morgan fingerprint density at radius 2 is 1.92 bits per heavy atom. The van der Waals surface area contributed by atoms with Crippen molar-refractivity contribution < 1.29 is 4.79 Å². The van der Waals surface area contributed by atoms with Crippen LogP contribution in [0, 0.1) is 6.92 Å². The molecule has 0 aliphatic carbocycles. The molecule has 0 bridgehead atoms. The second-order valence-corrected chi connectivity index (χ2v) is 10.2. The first-order chi connectivity index (χ1) is 17.8. The number of anilines is 1. The van der Waals surface area contributed by atoms with Crippen LogP contribution in [0.5, 0.6) is 0 Å². The highest BCUT2D eigenvalue weighted by molar-refractivity contribution is 6.33. The molecule has 4 aromatic heterocycles. The predicted molar refractivity (Wildman–Crippen MR) is 143 cm³/mol. The van der Waals surface area contributed by atoms with Gasteiger partial charge in [0.1, 0.15) is 23.5 Å². The summed E-state index contributed by atoms with van der Waals surface area (Å²) in [6, 6.07) is 9.84. The monoisotopic (exact) mass is 534 g/mol. The van der Waals surface area contributed by atoms with E-state index in [1.807, 2.05) is 66.7 Å². The number of benzene rings is 1. The van der Waals surface area contributed by atoms with Gasteiger partial charge in [0, 0.05) is 30.3 Å². The Balaban J connectivity index is 1.34. The number of aromatic nitrogens is 7. The number of hydrogen-bond acceptors (Lipinski definition) is 5. The summed E-state index contributed by atoms with van der Waals surface area (Å²) >= 11 is 13.2. The molecule has 0 fully saturated rings. The molecule has 6 rings (SSSR count). The van der Waals surface area contributed by atoms with Gasteiger partial charge in [-0.3, -0.25) is 14.4 Å². The van der Waals surface area contributed by atoms with Crippen molar-refractivity contribution in [2.75, 3.05) is 4.90 Å². The molecule has 1 aliphatic rings. The second kappa shape index (κ2) is 9.00. The lowest BCUT2D eigenvalue weighted by Gasteiger charge is -2.27. The largest absolute Gasteiger partial charge is 0.292 e. The number of nitrogens with zero attached hydrogens (tertiary/aromatic N) is 8. The maximum atomic E-state index is 13.0. The number of halogens is 2. The van der Waals surface area contributed by atoms with Crippen LogP contribution < -0.4 is 4.90 Å². The van der Waals surface area contributed by atoms with E-state index in [2.05, 4.69) is 15.2 Å². The fourth-order valence-corrected chi connectivity index (χ4v) is 5.37. The molecule has 0 unspecified atom stereocenters. The zero-order chi connectivity index (χ0) is 25.8. The number of hydrogen-bond donors (Lipinski definition) is 0. The minimum absolute atomic E-state index is 0.0314. The number of carbonyl (C=O) groups is 1. The average Bonchev–Trinajstić information content (AvgIpc) is 3.58. The zero-order valence-corrected chi connectivity index (χ0v) is 22.1. The van der Waals surface area contributed by atoms with Gasteiger partial charge in [-0.15, -0.1) is 0 Å². The van der Waals surface area contributed by atoms with Crippen molar-refractivity contribution in [2.24, 2.45) is 0 Å². The van der Waals surface area contributed by atoms with Crippen LogP contribution in [0.25, 0.3) is 28.2 Å². The Morgan fingerprint density at radius 1 is 1.08 bits per heavy atom. The van der Waals surface area contributed by atoms with E-state index in [1.165, 1.54) is 6.33 Å². The summed E-state index contributed by atoms with van der Waals surface area (Å²) in [6.45, 7) is 6.97. The summed E-state index contributed by atoms with van der Waals surface area (Å²) in [5.41, 5.74) is 5.90. The Morgan fingerprint density at radius 3 is 2.70 bits per heavy atom. The maximum Gasteiger partial charge on any atom is 0.230 e. The molecule has 1 aliphatic heterocycles. The lowest BCUT2D eigenvalue weighted by atomic mass is 10.1. The fraction of sp³-hybridized carbons (Fsp3) is 0.269. The molecule has 5 heterocycles. The van der Waals surface area contributed by atoms with Crippen LogP contribution in [0.1, 0.15) is 37.4 Å². The topological polar surface area (TPSA) is 86.1 Å². The van der Waals surface area contributed by atoms with Crippen LogP contribution in [0.3, 0.4) is 0 Å². The fourth-order valence-electron chi connectivity index (χ4n) is 4.85. The number of fused-ring (bicyclic) bond motifs is 2. The van der Waals surface area contributed by atoms with Crippen LogP contribution in [-0.4, -0.2) is 40.1 Å². The summed E-state index contributed by atoms with van der Waals surface area (Å²) in [5, 5.41) is 14.5.